The fourth-order valence-corrected chi connectivity index (χ4v) is 8.15. The summed E-state index contributed by atoms with van der Waals surface area (Å²) in [6.45, 7) is 7.53. The Morgan fingerprint density at radius 1 is 1.00 bits per heavy atom. The average Bonchev–Trinajstić information content (AvgIpc) is 3.20. The number of rotatable bonds is 1. The second-order valence-corrected chi connectivity index (χ2v) is 10.8. The number of allylic oxidation sites excluding steroid dienone is 1. The van der Waals surface area contributed by atoms with Crippen molar-refractivity contribution in [3.8, 4) is 0 Å². The topological polar surface area (TPSA) is 79.2 Å². The highest BCUT2D eigenvalue weighted by atomic mass is 16.7. The molecule has 3 N–H and O–H groups in total. The van der Waals surface area contributed by atoms with E-state index in [1.54, 1.807) is 0 Å². The van der Waals surface area contributed by atoms with Crippen LogP contribution in [-0.4, -0.2) is 52.1 Å². The van der Waals surface area contributed by atoms with Crippen LogP contribution < -0.4 is 0 Å². The molecule has 3 saturated carbocycles. The molecule has 0 aromatic heterocycles. The highest BCUT2D eigenvalue weighted by Crippen LogP contribution is 2.69. The zero-order chi connectivity index (χ0) is 19.9. The van der Waals surface area contributed by atoms with Gasteiger partial charge in [-0.05, 0) is 69.1 Å². The molecular formula is C23H36O5. The van der Waals surface area contributed by atoms with Crippen LogP contribution in [0.2, 0.25) is 0 Å². The Morgan fingerprint density at radius 2 is 1.71 bits per heavy atom. The third-order valence-electron chi connectivity index (χ3n) is 9.86. The minimum absolute atomic E-state index is 0.0187. The zero-order valence-corrected chi connectivity index (χ0v) is 17.5. The van der Waals surface area contributed by atoms with E-state index in [1.807, 2.05) is 6.92 Å². The van der Waals surface area contributed by atoms with E-state index in [4.69, 9.17) is 9.47 Å². The van der Waals surface area contributed by atoms with E-state index in [9.17, 15) is 15.3 Å². The first-order valence-electron chi connectivity index (χ1n) is 11.2. The third kappa shape index (κ3) is 2.26. The molecule has 158 valence electrons. The van der Waals surface area contributed by atoms with Gasteiger partial charge in [0.05, 0.1) is 31.0 Å². The second-order valence-electron chi connectivity index (χ2n) is 10.8. The lowest BCUT2D eigenvalue weighted by Crippen LogP contribution is -2.67. The molecule has 0 aromatic carbocycles. The first-order chi connectivity index (χ1) is 13.2. The van der Waals surface area contributed by atoms with Crippen LogP contribution in [0.1, 0.15) is 65.7 Å². The molecule has 1 saturated heterocycles. The molecule has 5 nitrogen and oxygen atoms in total. The van der Waals surface area contributed by atoms with Crippen molar-refractivity contribution in [2.24, 2.45) is 28.6 Å². The Balaban J connectivity index is 1.54. The van der Waals surface area contributed by atoms with Crippen molar-refractivity contribution in [3.05, 3.63) is 11.6 Å². The lowest BCUT2D eigenvalue weighted by atomic mass is 9.44. The van der Waals surface area contributed by atoms with Crippen LogP contribution in [0.3, 0.4) is 0 Å². The molecule has 28 heavy (non-hydrogen) atoms. The lowest BCUT2D eigenvalue weighted by Gasteiger charge is -2.63. The summed E-state index contributed by atoms with van der Waals surface area (Å²) in [6, 6.07) is 0. The Labute approximate surface area is 168 Å². The van der Waals surface area contributed by atoms with Gasteiger partial charge in [0.25, 0.3) is 0 Å². The van der Waals surface area contributed by atoms with Gasteiger partial charge in [0, 0.05) is 11.3 Å². The normalized spacial score (nSPS) is 55.2. The van der Waals surface area contributed by atoms with Gasteiger partial charge in [-0.25, -0.2) is 0 Å². The summed E-state index contributed by atoms with van der Waals surface area (Å²) in [5.41, 5.74) is -0.235. The van der Waals surface area contributed by atoms with Gasteiger partial charge in [-0.15, -0.1) is 0 Å². The summed E-state index contributed by atoms with van der Waals surface area (Å²) in [7, 11) is 0. The van der Waals surface area contributed by atoms with E-state index in [0.29, 0.717) is 26.1 Å². The largest absolute Gasteiger partial charge is 0.393 e. The van der Waals surface area contributed by atoms with Gasteiger partial charge >= 0.3 is 0 Å². The van der Waals surface area contributed by atoms with Gasteiger partial charge < -0.3 is 24.8 Å². The smallest absolute Gasteiger partial charge is 0.169 e. The van der Waals surface area contributed by atoms with E-state index < -0.39 is 22.9 Å². The van der Waals surface area contributed by atoms with Crippen LogP contribution in [0.25, 0.3) is 0 Å². The van der Waals surface area contributed by atoms with Crippen LogP contribution in [0, 0.1) is 28.6 Å². The van der Waals surface area contributed by atoms with Gasteiger partial charge in [0.15, 0.2) is 5.79 Å². The SMILES string of the molecule is CC1([C@H]2CC[C@]3(O)[C@@H]4CC=C5C[C@@H](O)CC[C@]5(C)[C@H]4C[C@@H](O)[C@]23C)OCCO1. The zero-order valence-electron chi connectivity index (χ0n) is 17.5. The first kappa shape index (κ1) is 19.5. The average molecular weight is 393 g/mol. The Kier molecular flexibility index (Phi) is 4.21. The van der Waals surface area contributed by atoms with Crippen molar-refractivity contribution < 1.29 is 24.8 Å². The maximum Gasteiger partial charge on any atom is 0.169 e. The highest BCUT2D eigenvalue weighted by Gasteiger charge is 2.72. The minimum Gasteiger partial charge on any atom is -0.393 e. The van der Waals surface area contributed by atoms with E-state index >= 15 is 0 Å². The molecule has 1 heterocycles. The van der Waals surface area contributed by atoms with Crippen LogP contribution in [0.4, 0.5) is 0 Å². The first-order valence-corrected chi connectivity index (χ1v) is 11.2. The van der Waals surface area contributed by atoms with Crippen molar-refractivity contribution in [2.75, 3.05) is 13.2 Å². The molecule has 8 atom stereocenters. The molecule has 0 aromatic rings. The van der Waals surface area contributed by atoms with Gasteiger partial charge in [-0.3, -0.25) is 0 Å². The van der Waals surface area contributed by atoms with Crippen molar-refractivity contribution in [3.63, 3.8) is 0 Å². The molecule has 4 fully saturated rings. The van der Waals surface area contributed by atoms with Crippen molar-refractivity contribution >= 4 is 0 Å². The van der Waals surface area contributed by atoms with Crippen molar-refractivity contribution in [2.45, 2.75) is 89.3 Å². The predicted octanol–water partition coefficient (Wildman–Crippen LogP) is 2.78. The molecule has 0 amide bonds. The van der Waals surface area contributed by atoms with Crippen molar-refractivity contribution in [1.29, 1.82) is 0 Å². The summed E-state index contributed by atoms with van der Waals surface area (Å²) in [6.07, 6.45) is 7.02. The van der Waals surface area contributed by atoms with Crippen LogP contribution in [0.5, 0.6) is 0 Å². The molecular weight excluding hydrogens is 356 g/mol. The van der Waals surface area contributed by atoms with Gasteiger partial charge in [0.1, 0.15) is 0 Å². The predicted molar refractivity (Wildman–Crippen MR) is 104 cm³/mol. The van der Waals surface area contributed by atoms with Crippen molar-refractivity contribution in [1.82, 2.24) is 0 Å². The van der Waals surface area contributed by atoms with Crippen LogP contribution in [-0.2, 0) is 9.47 Å². The number of fused-ring (bicyclic) bond motifs is 5. The molecule has 4 aliphatic carbocycles. The Hall–Kier alpha value is -0.460. The summed E-state index contributed by atoms with van der Waals surface area (Å²) in [5, 5.41) is 33.9. The molecule has 1 aliphatic heterocycles. The monoisotopic (exact) mass is 392 g/mol. The highest BCUT2D eigenvalue weighted by molar-refractivity contribution is 5.29. The number of aliphatic hydroxyl groups excluding tert-OH is 2. The summed E-state index contributed by atoms with van der Waals surface area (Å²) in [4.78, 5) is 0. The number of aliphatic hydroxyl groups is 3. The van der Waals surface area contributed by atoms with Gasteiger partial charge in [-0.2, -0.15) is 0 Å². The third-order valence-corrected chi connectivity index (χ3v) is 9.86. The molecule has 5 aliphatic rings. The molecule has 5 rings (SSSR count). The lowest BCUT2D eigenvalue weighted by molar-refractivity contribution is -0.273. The molecule has 0 spiro atoms. The molecule has 5 heteroatoms. The number of hydrogen-bond donors (Lipinski definition) is 3. The Morgan fingerprint density at radius 3 is 2.43 bits per heavy atom. The van der Waals surface area contributed by atoms with Crippen LogP contribution >= 0.6 is 0 Å². The second kappa shape index (κ2) is 6.04. The van der Waals surface area contributed by atoms with Gasteiger partial charge in [0.2, 0.25) is 0 Å². The molecule has 0 radical (unpaired) electrons. The fraction of sp³-hybridized carbons (Fsp3) is 0.913. The summed E-state index contributed by atoms with van der Waals surface area (Å²) in [5.74, 6) is -0.346. The van der Waals surface area contributed by atoms with Gasteiger partial charge in [-0.1, -0.05) is 25.5 Å². The fourth-order valence-electron chi connectivity index (χ4n) is 8.15. The van der Waals surface area contributed by atoms with E-state index in [2.05, 4.69) is 19.9 Å². The molecule has 0 unspecified atom stereocenters. The van der Waals surface area contributed by atoms with Crippen LogP contribution in [0.15, 0.2) is 11.6 Å². The Bertz CT molecular complexity index is 684. The minimum atomic E-state index is -0.917. The number of ether oxygens (including phenoxy) is 2. The quantitative estimate of drug-likeness (QED) is 0.598. The van der Waals surface area contributed by atoms with E-state index in [0.717, 1.165) is 32.1 Å². The molecule has 0 bridgehead atoms. The maximum atomic E-state index is 12.2. The van der Waals surface area contributed by atoms with E-state index in [1.165, 1.54) is 5.57 Å². The van der Waals surface area contributed by atoms with E-state index in [-0.39, 0.29) is 29.3 Å². The maximum absolute atomic E-state index is 12.2. The summed E-state index contributed by atoms with van der Waals surface area (Å²) >= 11 is 0. The number of hydrogen-bond acceptors (Lipinski definition) is 5. The standard InChI is InChI=1S/C23H36O5/c1-20-8-6-15(24)12-14(20)4-5-16-17(20)13-19(25)21(2)18(7-9-23(16,21)26)22(3)27-10-11-28-22/h4,15-19,24-26H,5-13H2,1-3H3/t15-,16+,17-,18-,19+,20-,21-,23-/m0/s1. The summed E-state index contributed by atoms with van der Waals surface area (Å²) < 4.78 is 12.0.